The Bertz CT molecular complexity index is 544. The zero-order chi connectivity index (χ0) is 14.8. The van der Waals surface area contributed by atoms with Crippen LogP contribution in [0.2, 0.25) is 0 Å². The second-order valence-corrected chi connectivity index (χ2v) is 5.34. The third-order valence-electron chi connectivity index (χ3n) is 3.58. The summed E-state index contributed by atoms with van der Waals surface area (Å²) in [5.74, 6) is -0.730. The Morgan fingerprint density at radius 1 is 1.35 bits per heavy atom. The minimum atomic E-state index is -0.532. The molecule has 0 unspecified atom stereocenters. The molecule has 6 heteroatoms. The second kappa shape index (κ2) is 5.55. The Morgan fingerprint density at radius 3 is 2.55 bits per heavy atom. The number of amides is 1. The van der Waals surface area contributed by atoms with Crippen LogP contribution in [0.3, 0.4) is 0 Å². The standard InChI is InChI=1S/C14H17FN4O/c1-14(2,10-16)19-5-3-18(4-6-19)13(20)11-7-12(15)9-17-8-11/h7-9H,3-6H2,1-2H3. The lowest BCUT2D eigenvalue weighted by Crippen LogP contribution is -2.55. The Morgan fingerprint density at radius 2 is 2.00 bits per heavy atom. The molecule has 0 bridgehead atoms. The molecular formula is C14H17FN4O. The van der Waals surface area contributed by atoms with Gasteiger partial charge < -0.3 is 4.90 Å². The van der Waals surface area contributed by atoms with Crippen molar-refractivity contribution in [3.8, 4) is 6.07 Å². The SMILES string of the molecule is CC(C)(C#N)N1CCN(C(=O)c2cncc(F)c2)CC1. The molecule has 1 aromatic rings. The number of aromatic nitrogens is 1. The van der Waals surface area contributed by atoms with Crippen molar-refractivity contribution < 1.29 is 9.18 Å². The van der Waals surface area contributed by atoms with Crippen LogP contribution in [0.1, 0.15) is 24.2 Å². The molecule has 0 N–H and O–H groups in total. The molecule has 1 aliphatic heterocycles. The summed E-state index contributed by atoms with van der Waals surface area (Å²) in [6.45, 7) is 6.05. The maximum absolute atomic E-state index is 13.1. The molecule has 1 amide bonds. The molecule has 0 atom stereocenters. The highest BCUT2D eigenvalue weighted by molar-refractivity contribution is 5.94. The predicted octanol–water partition coefficient (Wildman–Crippen LogP) is 1.28. The van der Waals surface area contributed by atoms with Crippen molar-refractivity contribution in [1.29, 1.82) is 5.26 Å². The summed E-state index contributed by atoms with van der Waals surface area (Å²) < 4.78 is 13.1. The van der Waals surface area contributed by atoms with Crippen LogP contribution in [0.4, 0.5) is 4.39 Å². The van der Waals surface area contributed by atoms with Crippen molar-refractivity contribution in [3.05, 3.63) is 29.8 Å². The highest BCUT2D eigenvalue weighted by Gasteiger charge is 2.31. The molecule has 0 spiro atoms. The minimum absolute atomic E-state index is 0.216. The number of rotatable bonds is 2. The summed E-state index contributed by atoms with van der Waals surface area (Å²) in [7, 11) is 0. The Labute approximate surface area is 117 Å². The predicted molar refractivity (Wildman–Crippen MR) is 71.4 cm³/mol. The summed E-state index contributed by atoms with van der Waals surface area (Å²) in [5.41, 5.74) is -0.270. The lowest BCUT2D eigenvalue weighted by atomic mass is 10.0. The third-order valence-corrected chi connectivity index (χ3v) is 3.58. The molecule has 1 aliphatic rings. The van der Waals surface area contributed by atoms with Gasteiger partial charge >= 0.3 is 0 Å². The highest BCUT2D eigenvalue weighted by atomic mass is 19.1. The smallest absolute Gasteiger partial charge is 0.255 e. The van der Waals surface area contributed by atoms with Gasteiger partial charge in [-0.15, -0.1) is 0 Å². The fourth-order valence-electron chi connectivity index (χ4n) is 2.25. The zero-order valence-corrected chi connectivity index (χ0v) is 11.6. The topological polar surface area (TPSA) is 60.2 Å². The first-order valence-corrected chi connectivity index (χ1v) is 6.50. The van der Waals surface area contributed by atoms with Crippen molar-refractivity contribution >= 4 is 5.91 Å². The van der Waals surface area contributed by atoms with Crippen LogP contribution in [0.15, 0.2) is 18.5 Å². The number of halogens is 1. The first-order chi connectivity index (χ1) is 9.44. The molecule has 0 aromatic carbocycles. The van der Waals surface area contributed by atoms with Gasteiger partial charge in [0.2, 0.25) is 0 Å². The zero-order valence-electron chi connectivity index (χ0n) is 11.6. The highest BCUT2D eigenvalue weighted by Crippen LogP contribution is 2.17. The molecule has 1 saturated heterocycles. The van der Waals surface area contributed by atoms with Crippen LogP contribution in [-0.2, 0) is 0 Å². The number of nitriles is 1. The van der Waals surface area contributed by atoms with E-state index in [1.165, 1.54) is 12.3 Å². The number of hydrogen-bond acceptors (Lipinski definition) is 4. The number of nitrogens with zero attached hydrogens (tertiary/aromatic N) is 4. The summed E-state index contributed by atoms with van der Waals surface area (Å²) in [4.78, 5) is 19.6. The van der Waals surface area contributed by atoms with Gasteiger partial charge in [-0.1, -0.05) is 0 Å². The Hall–Kier alpha value is -2.00. The number of carbonyl (C=O) groups is 1. The molecular weight excluding hydrogens is 259 g/mol. The fraction of sp³-hybridized carbons (Fsp3) is 0.500. The van der Waals surface area contributed by atoms with Gasteiger partial charge in [0.1, 0.15) is 11.4 Å². The number of hydrogen-bond donors (Lipinski definition) is 0. The first-order valence-electron chi connectivity index (χ1n) is 6.50. The number of carbonyl (C=O) groups excluding carboxylic acids is 1. The van der Waals surface area contributed by atoms with Gasteiger partial charge in [0.25, 0.3) is 5.91 Å². The van der Waals surface area contributed by atoms with Gasteiger partial charge in [-0.25, -0.2) is 4.39 Å². The average Bonchev–Trinajstić information content (AvgIpc) is 2.46. The first kappa shape index (κ1) is 14.4. The minimum Gasteiger partial charge on any atom is -0.336 e. The van der Waals surface area contributed by atoms with Crippen LogP contribution in [0, 0.1) is 17.1 Å². The Balaban J connectivity index is 2.01. The van der Waals surface area contributed by atoms with E-state index in [1.807, 2.05) is 18.7 Å². The lowest BCUT2D eigenvalue weighted by Gasteiger charge is -2.40. The second-order valence-electron chi connectivity index (χ2n) is 5.34. The van der Waals surface area contributed by atoms with Gasteiger partial charge in [-0.3, -0.25) is 14.7 Å². The van der Waals surface area contributed by atoms with E-state index in [0.29, 0.717) is 26.2 Å². The van der Waals surface area contributed by atoms with E-state index in [1.54, 1.807) is 4.90 Å². The quantitative estimate of drug-likeness (QED) is 0.816. The molecule has 1 aromatic heterocycles. The summed E-state index contributed by atoms with van der Waals surface area (Å²) in [6, 6.07) is 3.45. The van der Waals surface area contributed by atoms with Crippen LogP contribution in [0.5, 0.6) is 0 Å². The van der Waals surface area contributed by atoms with E-state index in [0.717, 1.165) is 6.20 Å². The summed E-state index contributed by atoms with van der Waals surface area (Å²) >= 11 is 0. The molecule has 20 heavy (non-hydrogen) atoms. The molecule has 5 nitrogen and oxygen atoms in total. The van der Waals surface area contributed by atoms with E-state index < -0.39 is 11.4 Å². The summed E-state index contributed by atoms with van der Waals surface area (Å²) in [6.07, 6.45) is 2.45. The molecule has 2 heterocycles. The Kier molecular flexibility index (Phi) is 4.00. The molecule has 0 saturated carbocycles. The van der Waals surface area contributed by atoms with E-state index in [4.69, 9.17) is 5.26 Å². The van der Waals surface area contributed by atoms with Crippen LogP contribution in [0.25, 0.3) is 0 Å². The molecule has 1 fully saturated rings. The fourth-order valence-corrected chi connectivity index (χ4v) is 2.25. The molecule has 2 rings (SSSR count). The normalized spacial score (nSPS) is 16.8. The van der Waals surface area contributed by atoms with Gasteiger partial charge in [-0.05, 0) is 19.9 Å². The maximum Gasteiger partial charge on any atom is 0.255 e. The van der Waals surface area contributed by atoms with Gasteiger partial charge in [0, 0.05) is 32.4 Å². The van der Waals surface area contributed by atoms with Crippen molar-refractivity contribution in [3.63, 3.8) is 0 Å². The number of pyridine rings is 1. The van der Waals surface area contributed by atoms with E-state index in [9.17, 15) is 9.18 Å². The van der Waals surface area contributed by atoms with E-state index >= 15 is 0 Å². The summed E-state index contributed by atoms with van der Waals surface area (Å²) in [5, 5.41) is 9.11. The van der Waals surface area contributed by atoms with Gasteiger partial charge in [0.05, 0.1) is 17.8 Å². The monoisotopic (exact) mass is 276 g/mol. The third kappa shape index (κ3) is 2.94. The number of piperazine rings is 1. The molecule has 0 aliphatic carbocycles. The van der Waals surface area contributed by atoms with Gasteiger partial charge in [-0.2, -0.15) is 5.26 Å². The van der Waals surface area contributed by atoms with E-state index in [-0.39, 0.29) is 11.5 Å². The van der Waals surface area contributed by atoms with Crippen molar-refractivity contribution in [2.75, 3.05) is 26.2 Å². The largest absolute Gasteiger partial charge is 0.336 e. The van der Waals surface area contributed by atoms with E-state index in [2.05, 4.69) is 11.1 Å². The lowest BCUT2D eigenvalue weighted by molar-refractivity contribution is 0.0520. The molecule has 0 radical (unpaired) electrons. The van der Waals surface area contributed by atoms with Crippen LogP contribution in [-0.4, -0.2) is 52.4 Å². The maximum atomic E-state index is 13.1. The average molecular weight is 276 g/mol. The van der Waals surface area contributed by atoms with Crippen LogP contribution < -0.4 is 0 Å². The van der Waals surface area contributed by atoms with Crippen LogP contribution >= 0.6 is 0 Å². The van der Waals surface area contributed by atoms with Crippen molar-refractivity contribution in [2.45, 2.75) is 19.4 Å². The van der Waals surface area contributed by atoms with Crippen molar-refractivity contribution in [1.82, 2.24) is 14.8 Å². The van der Waals surface area contributed by atoms with Crippen molar-refractivity contribution in [2.24, 2.45) is 0 Å². The molecule has 106 valence electrons. The van der Waals surface area contributed by atoms with Gasteiger partial charge in [0.15, 0.2) is 0 Å².